The quantitative estimate of drug-likeness (QED) is 0.884. The predicted octanol–water partition coefficient (Wildman–Crippen LogP) is 3.73. The van der Waals surface area contributed by atoms with Gasteiger partial charge in [0.15, 0.2) is 0 Å². The van der Waals surface area contributed by atoms with Crippen LogP contribution in [0.5, 0.6) is 0 Å². The largest absolute Gasteiger partial charge is 0.330 e. The summed E-state index contributed by atoms with van der Waals surface area (Å²) in [7, 11) is 0. The van der Waals surface area contributed by atoms with Crippen molar-refractivity contribution in [1.29, 1.82) is 0 Å². The first kappa shape index (κ1) is 14.4. The SMILES string of the molecule is CC(C)(C)C1CCC(CN)C(c2ccncc2F)C1. The van der Waals surface area contributed by atoms with Crippen LogP contribution in [-0.2, 0) is 0 Å². The van der Waals surface area contributed by atoms with Gasteiger partial charge in [-0.25, -0.2) is 4.39 Å². The lowest BCUT2D eigenvalue weighted by molar-refractivity contribution is 0.131. The monoisotopic (exact) mass is 264 g/mol. The van der Waals surface area contributed by atoms with Gasteiger partial charge in [0.25, 0.3) is 0 Å². The fraction of sp³-hybridized carbons (Fsp3) is 0.688. The molecule has 2 nitrogen and oxygen atoms in total. The van der Waals surface area contributed by atoms with Gasteiger partial charge in [0.1, 0.15) is 5.82 Å². The normalized spacial score (nSPS) is 28.4. The van der Waals surface area contributed by atoms with Gasteiger partial charge in [-0.05, 0) is 60.6 Å². The van der Waals surface area contributed by atoms with Crippen molar-refractivity contribution in [3.63, 3.8) is 0 Å². The Morgan fingerprint density at radius 2 is 2.11 bits per heavy atom. The molecular weight excluding hydrogens is 239 g/mol. The van der Waals surface area contributed by atoms with E-state index < -0.39 is 0 Å². The van der Waals surface area contributed by atoms with Gasteiger partial charge < -0.3 is 5.73 Å². The topological polar surface area (TPSA) is 38.9 Å². The average molecular weight is 264 g/mol. The zero-order valence-electron chi connectivity index (χ0n) is 12.2. The Balaban J connectivity index is 2.26. The van der Waals surface area contributed by atoms with Gasteiger partial charge in [-0.1, -0.05) is 20.8 Å². The number of nitrogens with zero attached hydrogens (tertiary/aromatic N) is 1. The highest BCUT2D eigenvalue weighted by molar-refractivity contribution is 5.20. The molecule has 1 aliphatic carbocycles. The minimum absolute atomic E-state index is 0.180. The maximum absolute atomic E-state index is 14.0. The minimum Gasteiger partial charge on any atom is -0.330 e. The summed E-state index contributed by atoms with van der Waals surface area (Å²) in [5.74, 6) is 1.09. The van der Waals surface area contributed by atoms with Gasteiger partial charge in [-0.3, -0.25) is 4.98 Å². The second-order valence-electron chi connectivity index (χ2n) is 6.88. The van der Waals surface area contributed by atoms with Crippen molar-refractivity contribution in [1.82, 2.24) is 4.98 Å². The van der Waals surface area contributed by atoms with Crippen LogP contribution in [0.25, 0.3) is 0 Å². The summed E-state index contributed by atoms with van der Waals surface area (Å²) in [4.78, 5) is 3.85. The second-order valence-corrected chi connectivity index (χ2v) is 6.88. The van der Waals surface area contributed by atoms with E-state index in [9.17, 15) is 4.39 Å². The number of hydrogen-bond acceptors (Lipinski definition) is 2. The van der Waals surface area contributed by atoms with Gasteiger partial charge in [0, 0.05) is 6.20 Å². The van der Waals surface area contributed by atoms with Crippen LogP contribution >= 0.6 is 0 Å². The Kier molecular flexibility index (Phi) is 4.24. The van der Waals surface area contributed by atoms with E-state index in [1.165, 1.54) is 12.6 Å². The van der Waals surface area contributed by atoms with Gasteiger partial charge in [-0.2, -0.15) is 0 Å². The van der Waals surface area contributed by atoms with E-state index in [0.717, 1.165) is 18.4 Å². The highest BCUT2D eigenvalue weighted by Crippen LogP contribution is 2.46. The van der Waals surface area contributed by atoms with Crippen LogP contribution in [0.15, 0.2) is 18.5 Å². The first-order valence-corrected chi connectivity index (χ1v) is 7.23. The summed E-state index contributed by atoms with van der Waals surface area (Å²) in [5.41, 5.74) is 6.98. The summed E-state index contributed by atoms with van der Waals surface area (Å²) < 4.78 is 14.0. The van der Waals surface area contributed by atoms with Gasteiger partial charge in [-0.15, -0.1) is 0 Å². The van der Waals surface area contributed by atoms with Crippen molar-refractivity contribution in [3.05, 3.63) is 29.8 Å². The van der Waals surface area contributed by atoms with E-state index in [0.29, 0.717) is 18.4 Å². The third kappa shape index (κ3) is 3.14. The molecule has 0 bridgehead atoms. The molecule has 3 unspecified atom stereocenters. The summed E-state index contributed by atoms with van der Waals surface area (Å²) in [6, 6.07) is 1.83. The van der Waals surface area contributed by atoms with Gasteiger partial charge >= 0.3 is 0 Å². The van der Waals surface area contributed by atoms with Crippen molar-refractivity contribution in [2.45, 2.75) is 46.0 Å². The van der Waals surface area contributed by atoms with Crippen molar-refractivity contribution < 1.29 is 4.39 Å². The molecule has 106 valence electrons. The fourth-order valence-corrected chi connectivity index (χ4v) is 3.37. The molecule has 1 aromatic heterocycles. The van der Waals surface area contributed by atoms with Gasteiger partial charge in [0.2, 0.25) is 0 Å². The van der Waals surface area contributed by atoms with Crippen molar-refractivity contribution in [2.75, 3.05) is 6.54 Å². The molecule has 0 radical (unpaired) electrons. The molecule has 3 heteroatoms. The van der Waals surface area contributed by atoms with Crippen LogP contribution in [-0.4, -0.2) is 11.5 Å². The highest BCUT2D eigenvalue weighted by atomic mass is 19.1. The standard InChI is InChI=1S/C16H25FN2/c1-16(2,3)12-5-4-11(9-18)14(8-12)13-6-7-19-10-15(13)17/h6-7,10-12,14H,4-5,8-9,18H2,1-3H3. The zero-order valence-corrected chi connectivity index (χ0v) is 12.2. The number of aromatic nitrogens is 1. The molecule has 1 heterocycles. The highest BCUT2D eigenvalue weighted by Gasteiger charge is 2.36. The Hall–Kier alpha value is -0.960. The van der Waals surface area contributed by atoms with E-state index >= 15 is 0 Å². The van der Waals surface area contributed by atoms with Crippen LogP contribution in [0, 0.1) is 23.1 Å². The minimum atomic E-state index is -0.180. The van der Waals surface area contributed by atoms with Crippen LogP contribution < -0.4 is 5.73 Å². The molecule has 0 amide bonds. The molecule has 1 aromatic rings. The third-order valence-corrected chi connectivity index (χ3v) is 4.72. The average Bonchev–Trinajstić information content (AvgIpc) is 2.37. The van der Waals surface area contributed by atoms with Gasteiger partial charge in [0.05, 0.1) is 6.20 Å². The molecule has 0 aromatic carbocycles. The summed E-state index contributed by atoms with van der Waals surface area (Å²) in [6.45, 7) is 7.48. The number of pyridine rings is 1. The lowest BCUT2D eigenvalue weighted by atomic mass is 9.64. The van der Waals surface area contributed by atoms with E-state index in [2.05, 4.69) is 25.8 Å². The Morgan fingerprint density at radius 3 is 2.68 bits per heavy atom. The summed E-state index contributed by atoms with van der Waals surface area (Å²) >= 11 is 0. The molecule has 3 atom stereocenters. The maximum atomic E-state index is 14.0. The molecule has 2 N–H and O–H groups in total. The number of hydrogen-bond donors (Lipinski definition) is 1. The van der Waals surface area contributed by atoms with Crippen LogP contribution in [0.3, 0.4) is 0 Å². The third-order valence-electron chi connectivity index (χ3n) is 4.72. The van der Waals surface area contributed by atoms with Crippen molar-refractivity contribution in [2.24, 2.45) is 23.0 Å². The van der Waals surface area contributed by atoms with Crippen LogP contribution in [0.2, 0.25) is 0 Å². The Labute approximate surface area is 115 Å². The van der Waals surface area contributed by atoms with E-state index in [1.54, 1.807) is 6.20 Å². The fourth-order valence-electron chi connectivity index (χ4n) is 3.37. The van der Waals surface area contributed by atoms with Crippen molar-refractivity contribution >= 4 is 0 Å². The molecule has 1 fully saturated rings. The molecule has 2 rings (SSSR count). The van der Waals surface area contributed by atoms with Crippen LogP contribution in [0.1, 0.15) is 51.5 Å². The van der Waals surface area contributed by atoms with E-state index in [-0.39, 0.29) is 17.2 Å². The molecule has 1 aliphatic rings. The molecule has 0 saturated heterocycles. The predicted molar refractivity (Wildman–Crippen MR) is 76.3 cm³/mol. The lowest BCUT2D eigenvalue weighted by Gasteiger charge is -2.41. The zero-order chi connectivity index (χ0) is 14.0. The van der Waals surface area contributed by atoms with E-state index in [1.807, 2.05) is 6.07 Å². The molecule has 19 heavy (non-hydrogen) atoms. The Morgan fingerprint density at radius 1 is 1.37 bits per heavy atom. The molecular formula is C16H25FN2. The maximum Gasteiger partial charge on any atom is 0.144 e. The van der Waals surface area contributed by atoms with E-state index in [4.69, 9.17) is 5.73 Å². The number of halogens is 1. The molecule has 0 spiro atoms. The Bertz CT molecular complexity index is 425. The first-order valence-electron chi connectivity index (χ1n) is 7.23. The number of rotatable bonds is 2. The smallest absolute Gasteiger partial charge is 0.144 e. The summed E-state index contributed by atoms with van der Waals surface area (Å²) in [6.07, 6.45) is 6.35. The van der Waals surface area contributed by atoms with Crippen LogP contribution in [0.4, 0.5) is 4.39 Å². The molecule has 0 aliphatic heterocycles. The lowest BCUT2D eigenvalue weighted by Crippen LogP contribution is -2.34. The van der Waals surface area contributed by atoms with Crippen molar-refractivity contribution in [3.8, 4) is 0 Å². The molecule has 1 saturated carbocycles. The second kappa shape index (κ2) is 5.58. The first-order chi connectivity index (χ1) is 8.93. The summed E-state index contributed by atoms with van der Waals surface area (Å²) in [5, 5.41) is 0. The number of nitrogens with two attached hydrogens (primary N) is 1.